The first-order chi connectivity index (χ1) is 11.6. The highest BCUT2D eigenvalue weighted by Gasteiger charge is 2.28. The summed E-state index contributed by atoms with van der Waals surface area (Å²) in [7, 11) is 4.04. The fourth-order valence-electron chi connectivity index (χ4n) is 3.29. The zero-order valence-electron chi connectivity index (χ0n) is 14.2. The summed E-state index contributed by atoms with van der Waals surface area (Å²) in [6, 6.07) is 7.39. The van der Waals surface area contributed by atoms with E-state index in [0.29, 0.717) is 10.9 Å². The number of carbonyl (C=O) groups excluding carboxylic acids is 1. The van der Waals surface area contributed by atoms with Gasteiger partial charge in [-0.1, -0.05) is 17.3 Å². The van der Waals surface area contributed by atoms with E-state index in [1.54, 1.807) is 18.2 Å². The number of rotatable bonds is 5. The summed E-state index contributed by atoms with van der Waals surface area (Å²) in [5.74, 6) is 0.0845. The third kappa shape index (κ3) is 3.46. The van der Waals surface area contributed by atoms with Gasteiger partial charge in [0.25, 0.3) is 5.56 Å². The molecule has 1 fully saturated rings. The number of carbonyl (C=O) groups is 1. The zero-order valence-corrected chi connectivity index (χ0v) is 14.2. The van der Waals surface area contributed by atoms with Crippen LogP contribution in [-0.2, 0) is 11.3 Å². The van der Waals surface area contributed by atoms with Gasteiger partial charge in [-0.25, -0.2) is 4.68 Å². The third-order valence-electron chi connectivity index (χ3n) is 4.44. The molecule has 1 aromatic heterocycles. The van der Waals surface area contributed by atoms with Gasteiger partial charge in [0.15, 0.2) is 0 Å². The Morgan fingerprint density at radius 2 is 2.12 bits per heavy atom. The second-order valence-corrected chi connectivity index (χ2v) is 6.53. The van der Waals surface area contributed by atoms with E-state index in [-0.39, 0.29) is 30.5 Å². The second kappa shape index (κ2) is 7.09. The van der Waals surface area contributed by atoms with Crippen molar-refractivity contribution >= 4 is 16.8 Å². The number of likely N-dealkylation sites (N-methyl/N-ethyl adjacent to an activating group) is 1. The first-order valence-electron chi connectivity index (χ1n) is 8.33. The minimum atomic E-state index is -0.195. The number of benzene rings is 1. The first-order valence-corrected chi connectivity index (χ1v) is 8.33. The van der Waals surface area contributed by atoms with Crippen LogP contribution in [0.1, 0.15) is 19.3 Å². The quantitative estimate of drug-likeness (QED) is 0.809. The standard InChI is InChI=1S/C17H23N5O2/c1-20(2)12-13-6-5-10-21(13)16(23)9-11-22-17(24)14-7-3-4-8-15(14)18-19-22/h3-4,7-8,13H,5-6,9-12H2,1-2H3. The van der Waals surface area contributed by atoms with E-state index in [2.05, 4.69) is 15.2 Å². The molecule has 7 heteroatoms. The number of likely N-dealkylation sites (tertiary alicyclic amines) is 1. The minimum Gasteiger partial charge on any atom is -0.338 e. The van der Waals surface area contributed by atoms with E-state index in [1.807, 2.05) is 25.1 Å². The van der Waals surface area contributed by atoms with Crippen LogP contribution in [0, 0.1) is 0 Å². The van der Waals surface area contributed by atoms with E-state index in [9.17, 15) is 9.59 Å². The van der Waals surface area contributed by atoms with Crippen molar-refractivity contribution < 1.29 is 4.79 Å². The maximum Gasteiger partial charge on any atom is 0.277 e. The molecule has 1 aliphatic heterocycles. The van der Waals surface area contributed by atoms with Gasteiger partial charge in [-0.05, 0) is 39.1 Å². The maximum absolute atomic E-state index is 12.5. The van der Waals surface area contributed by atoms with Crippen molar-refractivity contribution in [1.82, 2.24) is 24.8 Å². The van der Waals surface area contributed by atoms with Crippen LogP contribution in [0.5, 0.6) is 0 Å². The number of aryl methyl sites for hydroxylation is 1. The number of hydrogen-bond donors (Lipinski definition) is 0. The van der Waals surface area contributed by atoms with Crippen molar-refractivity contribution in [2.45, 2.75) is 31.8 Å². The molecule has 7 nitrogen and oxygen atoms in total. The van der Waals surface area contributed by atoms with Crippen LogP contribution >= 0.6 is 0 Å². The van der Waals surface area contributed by atoms with Crippen molar-refractivity contribution in [3.05, 3.63) is 34.6 Å². The highest BCUT2D eigenvalue weighted by atomic mass is 16.2. The molecule has 1 saturated heterocycles. The summed E-state index contributed by atoms with van der Waals surface area (Å²) in [6.45, 7) is 1.94. The Kier molecular flexibility index (Phi) is 4.89. The van der Waals surface area contributed by atoms with E-state index >= 15 is 0 Å². The summed E-state index contributed by atoms with van der Waals surface area (Å²) in [5, 5.41) is 8.53. The Labute approximate surface area is 140 Å². The number of fused-ring (bicyclic) bond motifs is 1. The Bertz CT molecular complexity index is 786. The van der Waals surface area contributed by atoms with Gasteiger partial charge in [-0.3, -0.25) is 9.59 Å². The van der Waals surface area contributed by atoms with Gasteiger partial charge >= 0.3 is 0 Å². The molecule has 2 heterocycles. The second-order valence-electron chi connectivity index (χ2n) is 6.53. The largest absolute Gasteiger partial charge is 0.338 e. The highest BCUT2D eigenvalue weighted by molar-refractivity contribution is 5.77. The van der Waals surface area contributed by atoms with Gasteiger partial charge in [-0.2, -0.15) is 0 Å². The van der Waals surface area contributed by atoms with Gasteiger partial charge in [0.05, 0.1) is 11.9 Å². The number of amides is 1. The molecule has 0 spiro atoms. The van der Waals surface area contributed by atoms with Crippen LogP contribution in [0.2, 0.25) is 0 Å². The Hall–Kier alpha value is -2.28. The Morgan fingerprint density at radius 1 is 1.33 bits per heavy atom. The molecule has 128 valence electrons. The number of nitrogens with zero attached hydrogens (tertiary/aromatic N) is 5. The monoisotopic (exact) mass is 329 g/mol. The summed E-state index contributed by atoms with van der Waals surface area (Å²) >= 11 is 0. The maximum atomic E-state index is 12.5. The minimum absolute atomic E-state index is 0.0845. The van der Waals surface area contributed by atoms with Crippen molar-refractivity contribution in [2.75, 3.05) is 27.2 Å². The predicted molar refractivity (Wildman–Crippen MR) is 91.7 cm³/mol. The van der Waals surface area contributed by atoms with Crippen molar-refractivity contribution in [2.24, 2.45) is 0 Å². The topological polar surface area (TPSA) is 71.3 Å². The van der Waals surface area contributed by atoms with Crippen LogP contribution in [0.25, 0.3) is 10.9 Å². The molecule has 3 rings (SSSR count). The van der Waals surface area contributed by atoms with Crippen molar-refractivity contribution in [3.8, 4) is 0 Å². The number of hydrogen-bond acceptors (Lipinski definition) is 5. The average Bonchev–Trinajstić information content (AvgIpc) is 3.01. The summed E-state index contributed by atoms with van der Waals surface area (Å²) in [4.78, 5) is 29.0. The molecule has 1 amide bonds. The molecule has 0 aliphatic carbocycles. The molecule has 0 saturated carbocycles. The summed E-state index contributed by atoms with van der Waals surface area (Å²) < 4.78 is 1.29. The van der Waals surface area contributed by atoms with Gasteiger partial charge in [0.2, 0.25) is 5.91 Å². The van der Waals surface area contributed by atoms with E-state index in [0.717, 1.165) is 25.9 Å². The molecular formula is C17H23N5O2. The van der Waals surface area contributed by atoms with Crippen LogP contribution in [0.3, 0.4) is 0 Å². The van der Waals surface area contributed by atoms with Gasteiger partial charge in [-0.15, -0.1) is 5.10 Å². The van der Waals surface area contributed by atoms with Crippen LogP contribution in [0.4, 0.5) is 0 Å². The summed E-state index contributed by atoms with van der Waals surface area (Å²) in [5.41, 5.74) is 0.385. The summed E-state index contributed by atoms with van der Waals surface area (Å²) in [6.07, 6.45) is 2.36. The van der Waals surface area contributed by atoms with Gasteiger partial charge in [0, 0.05) is 25.6 Å². The lowest BCUT2D eigenvalue weighted by Gasteiger charge is -2.27. The molecule has 1 atom stereocenters. The molecular weight excluding hydrogens is 306 g/mol. The molecule has 24 heavy (non-hydrogen) atoms. The molecule has 1 aromatic carbocycles. The first kappa shape index (κ1) is 16.6. The molecule has 1 unspecified atom stereocenters. The van der Waals surface area contributed by atoms with Crippen LogP contribution < -0.4 is 5.56 Å². The Balaban J connectivity index is 1.68. The smallest absolute Gasteiger partial charge is 0.277 e. The Morgan fingerprint density at radius 3 is 2.92 bits per heavy atom. The van der Waals surface area contributed by atoms with E-state index in [1.165, 1.54) is 4.68 Å². The van der Waals surface area contributed by atoms with Gasteiger partial charge < -0.3 is 9.80 Å². The molecule has 0 bridgehead atoms. The lowest BCUT2D eigenvalue weighted by molar-refractivity contribution is -0.132. The lowest BCUT2D eigenvalue weighted by atomic mass is 10.2. The number of aromatic nitrogens is 3. The van der Waals surface area contributed by atoms with Crippen molar-refractivity contribution in [1.29, 1.82) is 0 Å². The lowest BCUT2D eigenvalue weighted by Crippen LogP contribution is -2.42. The normalized spacial score (nSPS) is 17.8. The molecule has 2 aromatic rings. The van der Waals surface area contributed by atoms with Gasteiger partial charge in [0.1, 0.15) is 5.52 Å². The highest BCUT2D eigenvalue weighted by Crippen LogP contribution is 2.18. The average molecular weight is 329 g/mol. The van der Waals surface area contributed by atoms with E-state index < -0.39 is 0 Å². The third-order valence-corrected chi connectivity index (χ3v) is 4.44. The zero-order chi connectivity index (χ0) is 17.1. The SMILES string of the molecule is CN(C)CC1CCCN1C(=O)CCn1nnc2ccccc2c1=O. The fraction of sp³-hybridized carbons (Fsp3) is 0.529. The van der Waals surface area contributed by atoms with Crippen LogP contribution in [0.15, 0.2) is 29.1 Å². The van der Waals surface area contributed by atoms with E-state index in [4.69, 9.17) is 0 Å². The van der Waals surface area contributed by atoms with Crippen LogP contribution in [-0.4, -0.2) is 63.9 Å². The molecule has 1 aliphatic rings. The molecule has 0 radical (unpaired) electrons. The van der Waals surface area contributed by atoms with Crippen molar-refractivity contribution in [3.63, 3.8) is 0 Å². The fourth-order valence-corrected chi connectivity index (χ4v) is 3.29. The molecule has 0 N–H and O–H groups in total. The predicted octanol–water partition coefficient (Wildman–Crippen LogP) is 0.734.